The monoisotopic (exact) mass is 461 g/mol. The highest BCUT2D eigenvalue weighted by Gasteiger charge is 2.19. The zero-order valence-electron chi connectivity index (χ0n) is 16.1. The van der Waals surface area contributed by atoms with Crippen molar-refractivity contribution in [3.8, 4) is 5.88 Å². The largest absolute Gasteiger partial charge is 0.476 e. The summed E-state index contributed by atoms with van der Waals surface area (Å²) in [5, 5.41) is 6.54. The molecule has 4 rings (SSSR count). The van der Waals surface area contributed by atoms with Gasteiger partial charge in [-0.05, 0) is 68.6 Å². The van der Waals surface area contributed by atoms with Crippen LogP contribution in [-0.2, 0) is 6.54 Å². The summed E-state index contributed by atoms with van der Waals surface area (Å²) in [5.74, 6) is 0.708. The molecule has 1 saturated heterocycles. The predicted octanol–water partition coefficient (Wildman–Crippen LogP) is 5.75. The fraction of sp³-hybridized carbons (Fsp3) is 0.409. The van der Waals surface area contributed by atoms with Crippen LogP contribution in [0.15, 0.2) is 46.9 Å². The molecular formula is C22H25BrClN3O. The third-order valence-corrected chi connectivity index (χ3v) is 6.19. The van der Waals surface area contributed by atoms with Crippen molar-refractivity contribution in [1.29, 1.82) is 0 Å². The average Bonchev–Trinajstić information content (AvgIpc) is 3.24. The highest BCUT2D eigenvalue weighted by atomic mass is 79.9. The van der Waals surface area contributed by atoms with Gasteiger partial charge >= 0.3 is 0 Å². The van der Waals surface area contributed by atoms with Gasteiger partial charge in [-0.1, -0.05) is 39.7 Å². The molecule has 0 saturated carbocycles. The maximum absolute atomic E-state index is 6.11. The molecule has 1 aliphatic rings. The summed E-state index contributed by atoms with van der Waals surface area (Å²) < 4.78 is 9.14. The molecule has 1 atom stereocenters. The summed E-state index contributed by atoms with van der Waals surface area (Å²) in [6, 6.07) is 14.8. The summed E-state index contributed by atoms with van der Waals surface area (Å²) >= 11 is 9.58. The van der Waals surface area contributed by atoms with Crippen LogP contribution in [0.4, 0.5) is 0 Å². The molecule has 6 heteroatoms. The van der Waals surface area contributed by atoms with Gasteiger partial charge in [-0.15, -0.1) is 5.10 Å². The van der Waals surface area contributed by atoms with E-state index in [1.165, 1.54) is 19.4 Å². The van der Waals surface area contributed by atoms with E-state index in [1.807, 2.05) is 35.0 Å². The van der Waals surface area contributed by atoms with E-state index in [1.54, 1.807) is 0 Å². The molecule has 0 N–H and O–H groups in total. The molecule has 28 heavy (non-hydrogen) atoms. The maximum Gasteiger partial charge on any atom is 0.240 e. The molecule has 1 fully saturated rings. The van der Waals surface area contributed by atoms with Crippen LogP contribution in [0.3, 0.4) is 0 Å². The first-order valence-corrected chi connectivity index (χ1v) is 11.0. The number of likely N-dealkylation sites (tertiary alicyclic amines) is 1. The lowest BCUT2D eigenvalue weighted by Crippen LogP contribution is -2.28. The van der Waals surface area contributed by atoms with Gasteiger partial charge in [-0.2, -0.15) is 0 Å². The molecule has 0 aliphatic carbocycles. The van der Waals surface area contributed by atoms with E-state index in [0.717, 1.165) is 38.9 Å². The van der Waals surface area contributed by atoms with E-state index >= 15 is 0 Å². The first-order chi connectivity index (χ1) is 13.6. The second kappa shape index (κ2) is 8.85. The highest BCUT2D eigenvalue weighted by Crippen LogP contribution is 2.29. The maximum atomic E-state index is 6.11. The van der Waals surface area contributed by atoms with Gasteiger partial charge in [0.2, 0.25) is 5.88 Å². The van der Waals surface area contributed by atoms with Crippen molar-refractivity contribution >= 4 is 38.4 Å². The van der Waals surface area contributed by atoms with E-state index in [-0.39, 0.29) is 0 Å². The summed E-state index contributed by atoms with van der Waals surface area (Å²) in [5.41, 5.74) is 2.23. The van der Waals surface area contributed by atoms with Crippen LogP contribution in [0.5, 0.6) is 5.88 Å². The molecule has 1 aromatic heterocycles. The minimum Gasteiger partial charge on any atom is -0.476 e. The Morgan fingerprint density at radius 2 is 2.04 bits per heavy atom. The Morgan fingerprint density at radius 1 is 1.21 bits per heavy atom. The van der Waals surface area contributed by atoms with E-state index in [0.29, 0.717) is 25.1 Å². The molecule has 4 nitrogen and oxygen atoms in total. The fourth-order valence-corrected chi connectivity index (χ4v) is 4.36. The molecule has 3 aromatic rings. The van der Waals surface area contributed by atoms with Crippen molar-refractivity contribution < 1.29 is 4.74 Å². The highest BCUT2D eigenvalue weighted by molar-refractivity contribution is 9.10. The summed E-state index contributed by atoms with van der Waals surface area (Å²) in [4.78, 5) is 2.55. The van der Waals surface area contributed by atoms with Gasteiger partial charge in [-0.25, -0.2) is 0 Å². The number of hydrogen-bond acceptors (Lipinski definition) is 3. The van der Waals surface area contributed by atoms with Gasteiger partial charge in [0.05, 0.1) is 24.1 Å². The van der Waals surface area contributed by atoms with E-state index < -0.39 is 0 Å². The molecule has 2 heterocycles. The number of ether oxygens (including phenoxy) is 1. The number of nitrogens with zero attached hydrogens (tertiary/aromatic N) is 3. The fourth-order valence-electron chi connectivity index (χ4n) is 3.87. The number of rotatable bonds is 7. The van der Waals surface area contributed by atoms with Crippen LogP contribution in [0.25, 0.3) is 10.9 Å². The molecule has 1 aliphatic heterocycles. The predicted molar refractivity (Wildman–Crippen MR) is 118 cm³/mol. The number of halogens is 2. The number of hydrogen-bond donors (Lipinski definition) is 0. The van der Waals surface area contributed by atoms with Crippen molar-refractivity contribution in [1.82, 2.24) is 14.7 Å². The second-order valence-corrected chi connectivity index (χ2v) is 8.83. The first-order valence-electron chi connectivity index (χ1n) is 9.87. The Balaban J connectivity index is 1.47. The van der Waals surface area contributed by atoms with Crippen LogP contribution in [0, 0.1) is 0 Å². The lowest BCUT2D eigenvalue weighted by Gasteiger charge is -2.20. The molecule has 0 bridgehead atoms. The van der Waals surface area contributed by atoms with Gasteiger partial charge < -0.3 is 9.64 Å². The van der Waals surface area contributed by atoms with E-state index in [9.17, 15) is 0 Å². The standard InChI is InChI=1S/C22H25BrClN3O/c1-16-4-2-11-26(16)12-3-13-28-22-20-14-18(23)7-10-21(20)27(25-22)15-17-5-8-19(24)9-6-17/h5-10,14,16H,2-4,11-13,15H2,1H3/t16-/m0/s1. The Hall–Kier alpha value is -1.56. The summed E-state index contributed by atoms with van der Waals surface area (Å²) in [6.45, 7) is 5.99. The van der Waals surface area contributed by atoms with Crippen LogP contribution in [-0.4, -0.2) is 40.4 Å². The SMILES string of the molecule is C[C@H]1CCCN1CCCOc1nn(Cc2ccc(Cl)cc2)c2ccc(Br)cc12. The van der Waals surface area contributed by atoms with Gasteiger partial charge in [-0.3, -0.25) is 4.68 Å². The lowest BCUT2D eigenvalue weighted by atomic mass is 10.2. The van der Waals surface area contributed by atoms with E-state index in [2.05, 4.69) is 39.9 Å². The van der Waals surface area contributed by atoms with Crippen molar-refractivity contribution in [3.63, 3.8) is 0 Å². The van der Waals surface area contributed by atoms with Crippen LogP contribution in [0.1, 0.15) is 31.7 Å². The Bertz CT molecular complexity index is 941. The zero-order valence-corrected chi connectivity index (χ0v) is 18.4. The Kier molecular flexibility index (Phi) is 6.24. The van der Waals surface area contributed by atoms with Crippen molar-refractivity contribution in [2.45, 2.75) is 38.8 Å². The quantitative estimate of drug-likeness (QED) is 0.419. The Morgan fingerprint density at radius 3 is 2.79 bits per heavy atom. The third-order valence-electron chi connectivity index (χ3n) is 5.44. The molecule has 2 aromatic carbocycles. The third kappa shape index (κ3) is 4.53. The molecule has 0 amide bonds. The molecule has 148 valence electrons. The molecule has 0 spiro atoms. The van der Waals surface area contributed by atoms with Gasteiger partial charge in [0.1, 0.15) is 0 Å². The van der Waals surface area contributed by atoms with Crippen LogP contribution >= 0.6 is 27.5 Å². The van der Waals surface area contributed by atoms with Gasteiger partial charge in [0, 0.05) is 22.1 Å². The van der Waals surface area contributed by atoms with Gasteiger partial charge in [0.25, 0.3) is 0 Å². The lowest BCUT2D eigenvalue weighted by molar-refractivity contribution is 0.227. The minimum absolute atomic E-state index is 0.683. The van der Waals surface area contributed by atoms with Crippen molar-refractivity contribution in [2.75, 3.05) is 19.7 Å². The first kappa shape index (κ1) is 19.7. The van der Waals surface area contributed by atoms with Crippen LogP contribution < -0.4 is 4.74 Å². The molecule has 0 radical (unpaired) electrons. The summed E-state index contributed by atoms with van der Waals surface area (Å²) in [7, 11) is 0. The number of fused-ring (bicyclic) bond motifs is 1. The molecular weight excluding hydrogens is 438 g/mol. The summed E-state index contributed by atoms with van der Waals surface area (Å²) in [6.07, 6.45) is 3.65. The van der Waals surface area contributed by atoms with Crippen molar-refractivity contribution in [3.05, 3.63) is 57.5 Å². The topological polar surface area (TPSA) is 30.3 Å². The van der Waals surface area contributed by atoms with Gasteiger partial charge in [0.15, 0.2) is 0 Å². The van der Waals surface area contributed by atoms with Crippen LogP contribution in [0.2, 0.25) is 5.02 Å². The zero-order chi connectivity index (χ0) is 19.5. The van der Waals surface area contributed by atoms with Crippen molar-refractivity contribution in [2.24, 2.45) is 0 Å². The number of benzene rings is 2. The smallest absolute Gasteiger partial charge is 0.240 e. The average molecular weight is 463 g/mol. The second-order valence-electron chi connectivity index (χ2n) is 7.48. The van der Waals surface area contributed by atoms with E-state index in [4.69, 9.17) is 21.4 Å². The normalized spacial score (nSPS) is 17.5. The number of aromatic nitrogens is 2. The Labute approximate surface area is 179 Å². The minimum atomic E-state index is 0.683. The molecule has 0 unspecified atom stereocenters.